The molecule has 0 aromatic heterocycles. The van der Waals surface area contributed by atoms with E-state index in [0.717, 1.165) is 12.0 Å². The monoisotopic (exact) mass is 929 g/mol. The average molecular weight is 929 g/mol. The number of rotatable bonds is 12. The summed E-state index contributed by atoms with van der Waals surface area (Å²) >= 11 is 0. The molecule has 2 nitrogen and oxygen atoms in total. The van der Waals surface area contributed by atoms with Crippen LogP contribution in [0.25, 0.3) is 16.3 Å². The summed E-state index contributed by atoms with van der Waals surface area (Å²) < 4.78 is -0.145. The van der Waals surface area contributed by atoms with E-state index in [0.29, 0.717) is 23.7 Å². The fourth-order valence-corrected chi connectivity index (χ4v) is 24.6. The van der Waals surface area contributed by atoms with E-state index in [1.54, 1.807) is 0 Å². The van der Waals surface area contributed by atoms with Crippen LogP contribution in [0.3, 0.4) is 0 Å². The SMILES string of the molecule is C=C1/C=C\C=C/C/C(N(c2ccc(C(C)C)cc2)c2ccc(C(C)C)cc2)=C\C2=C1c1cc3ccc(N(c4ccc(C(C)C)cc4)c4ccc(C(C)C)cc4)cc3cc1C2([Si](C)(C)C)[Si](C)(C)C. The van der Waals surface area contributed by atoms with E-state index >= 15 is 0 Å². The third-order valence-corrected chi connectivity index (χ3v) is 25.0. The van der Waals surface area contributed by atoms with Gasteiger partial charge in [-0.2, -0.15) is 0 Å². The molecule has 6 aromatic carbocycles. The third kappa shape index (κ3) is 9.03. The summed E-state index contributed by atoms with van der Waals surface area (Å²) in [5.74, 6) is 1.85. The van der Waals surface area contributed by atoms with E-state index in [1.165, 1.54) is 89.4 Å². The number of hydrogen-bond acceptors (Lipinski definition) is 2. The minimum absolute atomic E-state index is 0.145. The van der Waals surface area contributed by atoms with Crippen LogP contribution >= 0.6 is 0 Å². The normalized spacial score (nSPS) is 16.9. The Bertz CT molecular complexity index is 2810. The first-order valence-corrected chi connectivity index (χ1v) is 32.3. The van der Waals surface area contributed by atoms with Gasteiger partial charge in [0.25, 0.3) is 0 Å². The highest BCUT2D eigenvalue weighted by Crippen LogP contribution is 2.60. The molecule has 6 aromatic rings. The van der Waals surface area contributed by atoms with Crippen LogP contribution < -0.4 is 9.80 Å². The van der Waals surface area contributed by atoms with Gasteiger partial charge >= 0.3 is 0 Å². The molecule has 0 saturated carbocycles. The molecule has 0 unspecified atom stereocenters. The Balaban J connectivity index is 1.39. The van der Waals surface area contributed by atoms with E-state index in [4.69, 9.17) is 6.58 Å². The van der Waals surface area contributed by atoms with Gasteiger partial charge in [0, 0.05) is 45.2 Å². The van der Waals surface area contributed by atoms with Crippen LogP contribution in [0.15, 0.2) is 181 Å². The van der Waals surface area contributed by atoms with Crippen molar-refractivity contribution in [3.05, 3.63) is 215 Å². The van der Waals surface area contributed by atoms with Crippen LogP contribution in [0.2, 0.25) is 39.3 Å². The number of allylic oxidation sites excluding steroid dienone is 8. The zero-order chi connectivity index (χ0) is 48.9. The van der Waals surface area contributed by atoms with Crippen molar-refractivity contribution in [2.75, 3.05) is 9.80 Å². The van der Waals surface area contributed by atoms with Crippen molar-refractivity contribution in [2.24, 2.45) is 0 Å². The molecule has 0 atom stereocenters. The van der Waals surface area contributed by atoms with Gasteiger partial charge in [0.15, 0.2) is 0 Å². The summed E-state index contributed by atoms with van der Waals surface area (Å²) in [4.78, 5) is 4.98. The van der Waals surface area contributed by atoms with Crippen molar-refractivity contribution < 1.29 is 0 Å². The molecule has 0 amide bonds. The molecule has 0 saturated heterocycles. The van der Waals surface area contributed by atoms with E-state index < -0.39 is 16.1 Å². The van der Waals surface area contributed by atoms with Gasteiger partial charge in [0.2, 0.25) is 0 Å². The highest BCUT2D eigenvalue weighted by molar-refractivity contribution is 6.99. The smallest absolute Gasteiger partial charge is 0.0579 e. The molecular weight excluding hydrogens is 853 g/mol. The quantitative estimate of drug-likeness (QED) is 0.113. The first-order valence-electron chi connectivity index (χ1n) is 25.3. The summed E-state index contributed by atoms with van der Waals surface area (Å²) in [6.45, 7) is 38.9. The molecule has 0 fully saturated rings. The van der Waals surface area contributed by atoms with Crippen molar-refractivity contribution >= 4 is 60.9 Å². The number of nitrogens with zero attached hydrogens (tertiary/aromatic N) is 2. The highest BCUT2D eigenvalue weighted by Gasteiger charge is 2.60. The van der Waals surface area contributed by atoms with Crippen molar-refractivity contribution in [1.82, 2.24) is 0 Å². The van der Waals surface area contributed by atoms with Gasteiger partial charge < -0.3 is 9.80 Å². The number of benzene rings is 6. The molecule has 0 spiro atoms. The Kier molecular flexibility index (Phi) is 13.6. The Morgan fingerprint density at radius 3 is 1.29 bits per heavy atom. The van der Waals surface area contributed by atoms with Crippen LogP contribution in [0, 0.1) is 0 Å². The standard InChI is InChI=1S/C64H76N2Si2/c1-43(2)48-21-30-54(31-22-48)65(55-32-23-49(24-33-55)44(3)4)58-20-18-16-17-19-47(9)63-60-40-52-29-38-59(39-53(52)41-61(60)64(62(63)42-58,67(10,11)12)68(13,14)15)66(56-34-25-50(26-35-56)45(5)6)57-36-27-51(28-37-57)46(7)8/h16-19,21-46H,9,20H2,1-8,10-15H3/b18-16-,19-17-,58-42+. The van der Waals surface area contributed by atoms with Crippen LogP contribution in [0.5, 0.6) is 0 Å². The van der Waals surface area contributed by atoms with Crippen LogP contribution in [-0.2, 0) is 4.66 Å². The first-order chi connectivity index (χ1) is 32.2. The molecule has 0 aliphatic heterocycles. The van der Waals surface area contributed by atoms with Crippen molar-refractivity contribution in [2.45, 2.75) is 129 Å². The molecule has 350 valence electrons. The van der Waals surface area contributed by atoms with E-state index in [1.807, 2.05) is 0 Å². The second-order valence-electron chi connectivity index (χ2n) is 22.8. The molecule has 0 bridgehead atoms. The van der Waals surface area contributed by atoms with E-state index in [2.05, 4.69) is 262 Å². The molecule has 0 heterocycles. The Hall–Kier alpha value is -5.69. The van der Waals surface area contributed by atoms with E-state index in [-0.39, 0.29) is 4.66 Å². The van der Waals surface area contributed by atoms with Gasteiger partial charge in [-0.3, -0.25) is 0 Å². The van der Waals surface area contributed by atoms with Gasteiger partial charge in [-0.25, -0.2) is 0 Å². The maximum atomic E-state index is 4.92. The number of fused-ring (bicyclic) bond motifs is 3. The minimum atomic E-state index is -2.14. The lowest BCUT2D eigenvalue weighted by Crippen LogP contribution is -2.63. The second kappa shape index (κ2) is 19.0. The Morgan fingerprint density at radius 2 is 0.882 bits per heavy atom. The fourth-order valence-electron chi connectivity index (χ4n) is 11.6. The molecule has 4 heteroatoms. The second-order valence-corrected chi connectivity index (χ2v) is 33.8. The summed E-state index contributed by atoms with van der Waals surface area (Å²) in [5.41, 5.74) is 19.2. The lowest BCUT2D eigenvalue weighted by atomic mass is 9.94. The molecular formula is C64H76N2Si2. The van der Waals surface area contributed by atoms with Gasteiger partial charge in [-0.05, 0) is 157 Å². The largest absolute Gasteiger partial charge is 0.314 e. The maximum absolute atomic E-state index is 4.92. The van der Waals surface area contributed by atoms with Crippen molar-refractivity contribution in [3.63, 3.8) is 0 Å². The molecule has 2 aliphatic carbocycles. The number of hydrogen-bond donors (Lipinski definition) is 0. The Labute approximate surface area is 412 Å². The third-order valence-electron chi connectivity index (χ3n) is 14.9. The molecule has 8 rings (SSSR count). The lowest BCUT2D eigenvalue weighted by Gasteiger charge is -2.52. The summed E-state index contributed by atoms with van der Waals surface area (Å²) in [6, 6.07) is 49.3. The summed E-state index contributed by atoms with van der Waals surface area (Å²) in [6.07, 6.45) is 12.4. The Morgan fingerprint density at radius 1 is 0.471 bits per heavy atom. The van der Waals surface area contributed by atoms with Crippen LogP contribution in [-0.4, -0.2) is 16.1 Å². The summed E-state index contributed by atoms with van der Waals surface area (Å²) in [7, 11) is -4.28. The zero-order valence-corrected chi connectivity index (χ0v) is 45.6. The van der Waals surface area contributed by atoms with Gasteiger partial charge in [-0.15, -0.1) is 0 Å². The molecule has 0 N–H and O–H groups in total. The van der Waals surface area contributed by atoms with Gasteiger partial charge in [0.05, 0.1) is 16.1 Å². The summed E-state index contributed by atoms with van der Waals surface area (Å²) in [5, 5.41) is 2.53. The zero-order valence-electron chi connectivity index (χ0n) is 43.6. The average Bonchev–Trinajstić information content (AvgIpc) is 3.59. The topological polar surface area (TPSA) is 6.48 Å². The minimum Gasteiger partial charge on any atom is -0.314 e. The predicted octanol–water partition coefficient (Wildman–Crippen LogP) is 19.4. The van der Waals surface area contributed by atoms with Crippen LogP contribution in [0.1, 0.15) is 119 Å². The molecule has 0 radical (unpaired) electrons. The lowest BCUT2D eigenvalue weighted by molar-refractivity contribution is 0.865. The predicted molar refractivity (Wildman–Crippen MR) is 305 cm³/mol. The fraction of sp³-hybridized carbons (Fsp3) is 0.312. The first kappa shape index (κ1) is 48.8. The van der Waals surface area contributed by atoms with Gasteiger partial charge in [-0.1, -0.05) is 186 Å². The highest BCUT2D eigenvalue weighted by atomic mass is 28.4. The molecule has 68 heavy (non-hydrogen) atoms. The van der Waals surface area contributed by atoms with Crippen molar-refractivity contribution in [3.8, 4) is 0 Å². The van der Waals surface area contributed by atoms with E-state index in [9.17, 15) is 0 Å². The maximum Gasteiger partial charge on any atom is 0.0579 e. The molecule has 2 aliphatic rings. The van der Waals surface area contributed by atoms with Crippen molar-refractivity contribution in [1.29, 1.82) is 0 Å². The number of anilines is 5. The van der Waals surface area contributed by atoms with Crippen LogP contribution in [0.4, 0.5) is 28.4 Å². The van der Waals surface area contributed by atoms with Gasteiger partial charge in [0.1, 0.15) is 0 Å².